The molecule has 1 aromatic heterocycles. The molecule has 0 spiro atoms. The van der Waals surface area contributed by atoms with Gasteiger partial charge in [-0.2, -0.15) is 0 Å². The predicted molar refractivity (Wildman–Crippen MR) is 76.3 cm³/mol. The average molecular weight is 234 g/mol. The standard InChI is InChI=1S/C16H14N2/c1-11-5-6-15(16(17)9-11)14-4-2-3-12-10-18-8-7-13(12)14/h2-10H,17H2,1H3. The molecule has 0 radical (unpaired) electrons. The van der Waals surface area contributed by atoms with Crippen molar-refractivity contribution in [1.82, 2.24) is 4.98 Å². The quantitative estimate of drug-likeness (QED) is 0.650. The first kappa shape index (κ1) is 10.8. The fourth-order valence-corrected chi connectivity index (χ4v) is 2.28. The third-order valence-corrected chi connectivity index (χ3v) is 3.18. The molecule has 0 bridgehead atoms. The number of rotatable bonds is 1. The Morgan fingerprint density at radius 1 is 1.00 bits per heavy atom. The normalized spacial score (nSPS) is 10.7. The maximum atomic E-state index is 6.13. The van der Waals surface area contributed by atoms with Crippen molar-refractivity contribution in [3.63, 3.8) is 0 Å². The van der Waals surface area contributed by atoms with Crippen LogP contribution in [0.5, 0.6) is 0 Å². The van der Waals surface area contributed by atoms with Gasteiger partial charge < -0.3 is 5.73 Å². The molecule has 0 aliphatic rings. The van der Waals surface area contributed by atoms with Gasteiger partial charge in [0.15, 0.2) is 0 Å². The number of nitrogen functional groups attached to an aromatic ring is 1. The number of nitrogens with zero attached hydrogens (tertiary/aromatic N) is 1. The molecule has 3 aromatic rings. The second-order valence-electron chi connectivity index (χ2n) is 4.49. The lowest BCUT2D eigenvalue weighted by atomic mass is 9.97. The monoisotopic (exact) mass is 234 g/mol. The van der Waals surface area contributed by atoms with E-state index in [0.29, 0.717) is 0 Å². The van der Waals surface area contributed by atoms with E-state index in [1.807, 2.05) is 37.5 Å². The van der Waals surface area contributed by atoms with Crippen molar-refractivity contribution in [2.75, 3.05) is 5.73 Å². The summed E-state index contributed by atoms with van der Waals surface area (Å²) in [5.74, 6) is 0. The number of hydrogen-bond acceptors (Lipinski definition) is 2. The van der Waals surface area contributed by atoms with Crippen molar-refractivity contribution in [2.24, 2.45) is 0 Å². The van der Waals surface area contributed by atoms with Gasteiger partial charge in [0.25, 0.3) is 0 Å². The molecule has 0 aliphatic carbocycles. The number of nitrogens with two attached hydrogens (primary N) is 1. The van der Waals surface area contributed by atoms with Crippen LogP contribution < -0.4 is 5.73 Å². The number of benzene rings is 2. The second kappa shape index (κ2) is 4.15. The second-order valence-corrected chi connectivity index (χ2v) is 4.49. The molecular formula is C16H14N2. The Bertz CT molecular complexity index is 712. The lowest BCUT2D eigenvalue weighted by Crippen LogP contribution is -1.91. The Kier molecular flexibility index (Phi) is 2.49. The third kappa shape index (κ3) is 1.72. The average Bonchev–Trinajstić information content (AvgIpc) is 2.38. The number of pyridine rings is 1. The number of aryl methyl sites for hydroxylation is 1. The minimum Gasteiger partial charge on any atom is -0.398 e. The first-order valence-electron chi connectivity index (χ1n) is 5.95. The van der Waals surface area contributed by atoms with Crippen LogP contribution in [-0.4, -0.2) is 4.98 Å². The van der Waals surface area contributed by atoms with E-state index in [2.05, 4.69) is 29.2 Å². The van der Waals surface area contributed by atoms with E-state index in [-0.39, 0.29) is 0 Å². The summed E-state index contributed by atoms with van der Waals surface area (Å²) in [4.78, 5) is 4.15. The lowest BCUT2D eigenvalue weighted by Gasteiger charge is -2.10. The SMILES string of the molecule is Cc1ccc(-c2cccc3cnccc23)c(N)c1. The van der Waals surface area contributed by atoms with Crippen LogP contribution in [0.1, 0.15) is 5.56 Å². The van der Waals surface area contributed by atoms with Crippen molar-refractivity contribution in [3.8, 4) is 11.1 Å². The van der Waals surface area contributed by atoms with Gasteiger partial charge in [-0.05, 0) is 35.6 Å². The molecule has 0 amide bonds. The van der Waals surface area contributed by atoms with Gasteiger partial charge in [0.05, 0.1) is 0 Å². The highest BCUT2D eigenvalue weighted by atomic mass is 14.6. The number of aromatic nitrogens is 1. The summed E-state index contributed by atoms with van der Waals surface area (Å²) in [7, 11) is 0. The summed E-state index contributed by atoms with van der Waals surface area (Å²) in [6, 6.07) is 14.4. The zero-order valence-corrected chi connectivity index (χ0v) is 10.2. The Labute approximate surface area is 106 Å². The summed E-state index contributed by atoms with van der Waals surface area (Å²) in [6.07, 6.45) is 3.69. The predicted octanol–water partition coefficient (Wildman–Crippen LogP) is 3.79. The van der Waals surface area contributed by atoms with Crippen molar-refractivity contribution in [1.29, 1.82) is 0 Å². The summed E-state index contributed by atoms with van der Waals surface area (Å²) >= 11 is 0. The Balaban J connectivity index is 2.31. The highest BCUT2D eigenvalue weighted by molar-refractivity contribution is 5.98. The molecule has 2 N–H and O–H groups in total. The highest BCUT2D eigenvalue weighted by Gasteiger charge is 2.06. The fourth-order valence-electron chi connectivity index (χ4n) is 2.28. The van der Waals surface area contributed by atoms with Crippen LogP contribution >= 0.6 is 0 Å². The van der Waals surface area contributed by atoms with Crippen molar-refractivity contribution >= 4 is 16.5 Å². The number of fused-ring (bicyclic) bond motifs is 1. The van der Waals surface area contributed by atoms with Gasteiger partial charge in [-0.15, -0.1) is 0 Å². The molecule has 0 unspecified atom stereocenters. The molecule has 1 heterocycles. The van der Waals surface area contributed by atoms with Gasteiger partial charge in [-0.25, -0.2) is 0 Å². The first-order chi connectivity index (χ1) is 8.75. The molecule has 0 aliphatic heterocycles. The molecule has 0 atom stereocenters. The Hall–Kier alpha value is -2.35. The number of hydrogen-bond donors (Lipinski definition) is 1. The van der Waals surface area contributed by atoms with E-state index in [9.17, 15) is 0 Å². The van der Waals surface area contributed by atoms with E-state index in [4.69, 9.17) is 5.73 Å². The molecule has 2 heteroatoms. The van der Waals surface area contributed by atoms with Crippen LogP contribution in [-0.2, 0) is 0 Å². The van der Waals surface area contributed by atoms with Crippen LogP contribution in [0.2, 0.25) is 0 Å². The molecule has 88 valence electrons. The first-order valence-corrected chi connectivity index (χ1v) is 5.95. The molecule has 0 fully saturated rings. The smallest absolute Gasteiger partial charge is 0.0396 e. The minimum absolute atomic E-state index is 0.819. The molecule has 2 nitrogen and oxygen atoms in total. The Morgan fingerprint density at radius 2 is 1.89 bits per heavy atom. The minimum atomic E-state index is 0.819. The molecule has 0 saturated heterocycles. The maximum absolute atomic E-state index is 6.13. The van der Waals surface area contributed by atoms with E-state index < -0.39 is 0 Å². The van der Waals surface area contributed by atoms with Crippen LogP contribution in [0.3, 0.4) is 0 Å². The number of anilines is 1. The Morgan fingerprint density at radius 3 is 2.72 bits per heavy atom. The summed E-state index contributed by atoms with van der Waals surface area (Å²) in [5, 5.41) is 2.32. The molecule has 0 saturated carbocycles. The molecule has 3 rings (SSSR count). The largest absolute Gasteiger partial charge is 0.398 e. The van der Waals surface area contributed by atoms with Crippen molar-refractivity contribution in [2.45, 2.75) is 6.92 Å². The molecule has 2 aromatic carbocycles. The van der Waals surface area contributed by atoms with E-state index >= 15 is 0 Å². The van der Waals surface area contributed by atoms with Gasteiger partial charge in [-0.3, -0.25) is 4.98 Å². The summed E-state index contributed by atoms with van der Waals surface area (Å²) < 4.78 is 0. The topological polar surface area (TPSA) is 38.9 Å². The summed E-state index contributed by atoms with van der Waals surface area (Å²) in [6.45, 7) is 2.05. The van der Waals surface area contributed by atoms with Crippen molar-refractivity contribution < 1.29 is 0 Å². The fraction of sp³-hybridized carbons (Fsp3) is 0.0625. The maximum Gasteiger partial charge on any atom is 0.0396 e. The van der Waals surface area contributed by atoms with Gasteiger partial charge in [0.1, 0.15) is 0 Å². The zero-order valence-electron chi connectivity index (χ0n) is 10.2. The third-order valence-electron chi connectivity index (χ3n) is 3.18. The van der Waals surface area contributed by atoms with E-state index in [1.165, 1.54) is 10.9 Å². The molecule has 18 heavy (non-hydrogen) atoms. The van der Waals surface area contributed by atoms with Crippen LogP contribution in [0.15, 0.2) is 54.9 Å². The van der Waals surface area contributed by atoms with Gasteiger partial charge in [-0.1, -0.05) is 30.3 Å². The van der Waals surface area contributed by atoms with Crippen molar-refractivity contribution in [3.05, 3.63) is 60.4 Å². The van der Waals surface area contributed by atoms with Crippen LogP contribution in [0.4, 0.5) is 5.69 Å². The van der Waals surface area contributed by atoms with Crippen LogP contribution in [0.25, 0.3) is 21.9 Å². The van der Waals surface area contributed by atoms with E-state index in [1.54, 1.807) is 0 Å². The van der Waals surface area contributed by atoms with E-state index in [0.717, 1.165) is 22.2 Å². The highest BCUT2D eigenvalue weighted by Crippen LogP contribution is 2.32. The lowest BCUT2D eigenvalue weighted by molar-refractivity contribution is 1.36. The van der Waals surface area contributed by atoms with Gasteiger partial charge in [0, 0.05) is 29.0 Å². The zero-order chi connectivity index (χ0) is 12.5. The molecular weight excluding hydrogens is 220 g/mol. The van der Waals surface area contributed by atoms with Gasteiger partial charge >= 0.3 is 0 Å². The van der Waals surface area contributed by atoms with Gasteiger partial charge in [0.2, 0.25) is 0 Å². The van der Waals surface area contributed by atoms with Crippen LogP contribution in [0, 0.1) is 6.92 Å². The summed E-state index contributed by atoms with van der Waals surface area (Å²) in [5.41, 5.74) is 10.4.